The lowest BCUT2D eigenvalue weighted by Gasteiger charge is -2.51. The van der Waals surface area contributed by atoms with E-state index in [2.05, 4.69) is 145 Å². The maximum Gasteiger partial charge on any atom is 0.228 e. The number of ketones is 1. The summed E-state index contributed by atoms with van der Waals surface area (Å²) in [7, 11) is 0. The number of Topliss-reactive ketones (excluding diaryl/α,β-unsaturated/α-hetero) is 1. The van der Waals surface area contributed by atoms with E-state index in [1.165, 1.54) is 38.1 Å². The van der Waals surface area contributed by atoms with Gasteiger partial charge in [0.25, 0.3) is 0 Å². The number of pyridine rings is 2. The summed E-state index contributed by atoms with van der Waals surface area (Å²) in [6, 6.07) is 5.25. The molecule has 18 rings (SSSR count). The van der Waals surface area contributed by atoms with Gasteiger partial charge in [0.05, 0.1) is 62.3 Å². The molecule has 10 aromatic rings. The molecule has 6 fully saturated rings. The zero-order valence-electron chi connectivity index (χ0n) is 72.8. The fourth-order valence-electron chi connectivity index (χ4n) is 17.9. The molecular weight excluding hydrogens is 1560 g/mol. The predicted molar refractivity (Wildman–Crippen MR) is 481 cm³/mol. The van der Waals surface area contributed by atoms with Crippen LogP contribution in [0.25, 0.3) is 44.7 Å². The third-order valence-electron chi connectivity index (χ3n) is 24.5. The lowest BCUT2D eigenvalue weighted by atomic mass is 9.58. The lowest BCUT2D eigenvalue weighted by Crippen LogP contribution is -2.52. The van der Waals surface area contributed by atoms with Gasteiger partial charge >= 0.3 is 0 Å². The molecule has 0 spiro atoms. The quantitative estimate of drug-likeness (QED) is 0.0177. The number of hydrogen-bond donors (Lipinski definition) is 14. The second kappa shape index (κ2) is 39.3. The van der Waals surface area contributed by atoms with Crippen LogP contribution in [0.15, 0.2) is 122 Å². The Morgan fingerprint density at radius 1 is 0.569 bits per heavy atom. The number of aliphatic hydroxyl groups excluding tert-OH is 4. The minimum Gasteiger partial charge on any atom is -0.619 e. The number of aliphatic hydroxyl groups is 4. The van der Waals surface area contributed by atoms with E-state index in [1.807, 2.05) is 81.9 Å². The fourth-order valence-corrected chi connectivity index (χ4v) is 17.9. The standard InChI is InChI=1S/C24H32N6O2.C22H32N8O.C21H30N8O.C21H29N7O2/c1-14(2)30-13-25-20-21(26-17-10-15(3)4-5-18(17)32)28-23(29-22(20)30)27-19-11-16-6-8-24(19,12-31)9-7-16;1-13(2)30-12-24-19-20(26-16-10-14(3)25-18(23)11-16)28-22(29-21(19)30)27-17-7-5-4-6-15(17)8-9-31;1-14(2)29-13-23-18-19(24-16-10-15(3)11-22-12-16)26-21(27-20(18)29)25-17-6-4-5-7-28(17)8-9-30;1-13(2)28-12-22-18-19(23-16-8-14(3)9-27(30)10-16)25-21(26-20(18)28)24-17-7-5-4-6-15(17)11-29/h4,10,13-14,16,19,31H,5-9,11-12H2,1-3H3,(H2,26,27,28,29);10-13,15,17,25,31H,3-9,23H2,1-2H3,(H2,26,27,28,29);10-14,17,30H,4-9H2,1-3H3,(H2,24,25,26,27);8-10,12-13,15,17,29H,4-7,11H2,1-3H3,(H2,23,24,25,26)/t16?,19-,24?;15-,17+;17-;15-,17+/m0111/s1. The number of likely N-dealkylation sites (tertiary alicyclic amines) is 1. The molecule has 0 unspecified atom stereocenters. The number of nitrogens with zero attached hydrogens (tertiary/aromatic N) is 19. The number of carbonyl (C=O) groups excluding carboxylic acids is 1. The van der Waals surface area contributed by atoms with Crippen LogP contribution in [-0.2, 0) is 4.79 Å². The fraction of sp³-hybridized carbons (Fsp3) is 0.534. The van der Waals surface area contributed by atoms with Crippen LogP contribution >= 0.6 is 0 Å². The number of hydrogen-bond acceptors (Lipinski definition) is 30. The summed E-state index contributed by atoms with van der Waals surface area (Å²) in [5.41, 5.74) is 18.0. The Balaban J connectivity index is 0.000000134. The van der Waals surface area contributed by atoms with Crippen molar-refractivity contribution in [3.63, 3.8) is 0 Å². The Morgan fingerprint density at radius 2 is 1.07 bits per heavy atom. The van der Waals surface area contributed by atoms with Crippen molar-refractivity contribution < 1.29 is 30.0 Å². The van der Waals surface area contributed by atoms with E-state index in [-0.39, 0.29) is 92.0 Å². The van der Waals surface area contributed by atoms with Gasteiger partial charge in [-0.05, 0) is 201 Å². The van der Waals surface area contributed by atoms with Gasteiger partial charge in [-0.2, -0.15) is 44.6 Å². The van der Waals surface area contributed by atoms with E-state index in [0.717, 1.165) is 151 Å². The molecule has 123 heavy (non-hydrogen) atoms. The van der Waals surface area contributed by atoms with Crippen molar-refractivity contribution in [2.24, 2.45) is 28.9 Å². The summed E-state index contributed by atoms with van der Waals surface area (Å²) in [5, 5.41) is 81.0. The highest BCUT2D eigenvalue weighted by Crippen LogP contribution is 2.51. The molecule has 0 radical (unpaired) electrons. The van der Waals surface area contributed by atoms with Crippen molar-refractivity contribution in [2.75, 3.05) is 82.1 Å². The first-order valence-electron chi connectivity index (χ1n) is 43.8. The molecule has 35 heteroatoms. The molecule has 8 aliphatic rings. The average molecular weight is 1680 g/mol. The number of aromatic nitrogens is 18. The van der Waals surface area contributed by atoms with Gasteiger partial charge in [0.1, 0.15) is 11.5 Å². The zero-order valence-corrected chi connectivity index (χ0v) is 72.8. The van der Waals surface area contributed by atoms with Gasteiger partial charge in [-0.3, -0.25) is 14.7 Å². The van der Waals surface area contributed by atoms with Gasteiger partial charge < -0.3 is 97.5 Å². The number of nitrogens with one attached hydrogen (secondary N) is 9. The number of fused-ring (bicyclic) bond motifs is 7. The maximum absolute atomic E-state index is 12.5. The Hall–Kier alpha value is -11.5. The third-order valence-corrected chi connectivity index (χ3v) is 24.5. The molecule has 10 aromatic heterocycles. The Bertz CT molecular complexity index is 5470. The maximum atomic E-state index is 12.5. The smallest absolute Gasteiger partial charge is 0.228 e. The number of β-amino-alcohol motifs (C(OH)–C–C–N with tert-alkyl or cyclic N) is 1. The molecule has 5 saturated carbocycles. The highest BCUT2D eigenvalue weighted by atomic mass is 16.5. The highest BCUT2D eigenvalue weighted by molar-refractivity contribution is 6.02. The van der Waals surface area contributed by atoms with Crippen LogP contribution in [0.2, 0.25) is 0 Å². The van der Waals surface area contributed by atoms with E-state index in [0.29, 0.717) is 111 Å². The monoisotopic (exact) mass is 1680 g/mol. The molecule has 2 aliphatic heterocycles. The van der Waals surface area contributed by atoms with Crippen LogP contribution in [0, 0.1) is 42.2 Å². The molecule has 6 atom stereocenters. The van der Waals surface area contributed by atoms with Crippen LogP contribution in [0.5, 0.6) is 0 Å². The molecule has 0 aromatic carbocycles. The van der Waals surface area contributed by atoms with Gasteiger partial charge in [0, 0.05) is 116 Å². The van der Waals surface area contributed by atoms with Crippen molar-refractivity contribution in [3.8, 4) is 0 Å². The number of aryl methyl sites for hydroxylation is 2. The van der Waals surface area contributed by atoms with Gasteiger partial charge in [0.2, 0.25) is 30.0 Å². The number of carbonyl (C=O) groups is 1. The summed E-state index contributed by atoms with van der Waals surface area (Å²) in [5.74, 6) is 6.35. The minimum atomic E-state index is -0.108. The lowest BCUT2D eigenvalue weighted by molar-refractivity contribution is -0.605. The van der Waals surface area contributed by atoms with Gasteiger partial charge in [-0.25, -0.2) is 19.9 Å². The van der Waals surface area contributed by atoms with Crippen molar-refractivity contribution in [3.05, 3.63) is 138 Å². The minimum absolute atomic E-state index is 0.0315. The van der Waals surface area contributed by atoms with Crippen molar-refractivity contribution >= 4 is 109 Å². The van der Waals surface area contributed by atoms with Gasteiger partial charge in [-0.1, -0.05) is 43.9 Å². The molecule has 656 valence electrons. The SMILES string of the molecule is C=C1C=C(Nc2nc(N[C@H]3CCCC[C@@H]3CCO)nc3c2ncn3C(C)C)C=C(N)N1.CC1=CCC(=O)C(Nc2nc(N[C@H]3CC4CCC3(CO)CC4)nc3c2ncn3C(C)C)=C1.Cc1cc(Nc2nc(N[C@H]3CCCC[C@@H]3CO)nc3c2ncn3C(C)C)c[n+]([O-])c1.Cc1cncc(Nc2nc(N[C@H]3CCCCN3CCO)nc3c2ncn3C(C)C)c1. The molecule has 35 nitrogen and oxygen atoms in total. The summed E-state index contributed by atoms with van der Waals surface area (Å²) < 4.78 is 8.88. The van der Waals surface area contributed by atoms with E-state index in [1.54, 1.807) is 31.3 Å². The number of rotatable bonds is 26. The molecule has 1 saturated heterocycles. The topological polar surface area (TPSA) is 450 Å². The molecule has 2 bridgehead atoms. The van der Waals surface area contributed by atoms with Gasteiger partial charge in [-0.15, -0.1) is 0 Å². The first-order chi connectivity index (χ1) is 59.3. The van der Waals surface area contributed by atoms with Crippen molar-refractivity contribution in [2.45, 2.75) is 240 Å². The molecule has 15 N–H and O–H groups in total. The van der Waals surface area contributed by atoms with Crippen LogP contribution < -0.4 is 58.3 Å². The molecule has 0 amide bonds. The largest absolute Gasteiger partial charge is 0.619 e. The number of nitrogens with two attached hydrogens (primary N) is 1. The van der Waals surface area contributed by atoms with Crippen LogP contribution in [0.4, 0.5) is 58.4 Å². The second-order valence-corrected chi connectivity index (χ2v) is 35.0. The number of allylic oxidation sites excluding steroid dienone is 6. The second-order valence-electron chi connectivity index (χ2n) is 35.0. The number of piperidine rings is 1. The zero-order chi connectivity index (χ0) is 86.8. The number of dihydropyridines is 1. The van der Waals surface area contributed by atoms with E-state index in [4.69, 9.17) is 40.6 Å². The third kappa shape index (κ3) is 20.9. The van der Waals surface area contributed by atoms with E-state index in [9.17, 15) is 30.4 Å². The Morgan fingerprint density at radius 3 is 1.59 bits per heavy atom. The first-order valence-corrected chi connectivity index (χ1v) is 43.8. The summed E-state index contributed by atoms with van der Waals surface area (Å²) >= 11 is 0. The van der Waals surface area contributed by atoms with Crippen LogP contribution in [-0.4, -0.2) is 178 Å². The van der Waals surface area contributed by atoms with Crippen LogP contribution in [0.3, 0.4) is 0 Å². The van der Waals surface area contributed by atoms with Crippen molar-refractivity contribution in [1.82, 2.24) is 93.3 Å². The highest BCUT2D eigenvalue weighted by Gasteiger charge is 2.48. The predicted octanol–water partition coefficient (Wildman–Crippen LogP) is 13.1. The first kappa shape index (κ1) is 87.8. The Kier molecular flexibility index (Phi) is 28.1. The molecular formula is C88H123N29O6. The molecule has 6 aliphatic carbocycles. The Labute approximate surface area is 717 Å². The van der Waals surface area contributed by atoms with Gasteiger partial charge in [0.15, 0.2) is 79.9 Å². The summed E-state index contributed by atoms with van der Waals surface area (Å²) in [6.07, 6.45) is 40.0. The average Bonchev–Trinajstić information content (AvgIpc) is 1.67. The van der Waals surface area contributed by atoms with Crippen molar-refractivity contribution in [1.29, 1.82) is 0 Å². The molecule has 12 heterocycles. The number of anilines is 10. The van der Waals surface area contributed by atoms with E-state index < -0.39 is 0 Å². The summed E-state index contributed by atoms with van der Waals surface area (Å²) in [4.78, 5) is 75.4. The number of imidazole rings is 4. The normalized spacial score (nSPS) is 21.6. The van der Waals surface area contributed by atoms with Crippen LogP contribution in [0.1, 0.15) is 213 Å². The van der Waals surface area contributed by atoms with E-state index >= 15 is 0 Å². The summed E-state index contributed by atoms with van der Waals surface area (Å²) in [6.45, 7) is 28.8.